The zero-order chi connectivity index (χ0) is 15.7. The van der Waals surface area contributed by atoms with Crippen molar-refractivity contribution in [1.82, 2.24) is 4.72 Å². The van der Waals surface area contributed by atoms with E-state index in [1.54, 1.807) is 0 Å². The Morgan fingerprint density at radius 2 is 1.95 bits per heavy atom. The predicted molar refractivity (Wildman–Crippen MR) is 76.7 cm³/mol. The van der Waals surface area contributed by atoms with Gasteiger partial charge in [-0.05, 0) is 26.0 Å². The van der Waals surface area contributed by atoms with Crippen molar-refractivity contribution in [2.75, 3.05) is 0 Å². The van der Waals surface area contributed by atoms with E-state index in [-0.39, 0.29) is 5.02 Å². The highest BCUT2D eigenvalue weighted by molar-refractivity contribution is 7.89. The molecular weight excluding hydrogens is 325 g/mol. The summed E-state index contributed by atoms with van der Waals surface area (Å²) in [6.07, 6.45) is 5.21. The molecule has 0 unspecified atom stereocenters. The maximum Gasteiger partial charge on any atom is 0.337 e. The molecule has 2 N–H and O–H groups in total. The van der Waals surface area contributed by atoms with Crippen LogP contribution in [-0.4, -0.2) is 25.0 Å². The van der Waals surface area contributed by atoms with Gasteiger partial charge in [0.15, 0.2) is 0 Å². The Labute approximate surface area is 126 Å². The number of aromatic carboxylic acids is 1. The van der Waals surface area contributed by atoms with Crippen LogP contribution in [0.15, 0.2) is 17.0 Å². The summed E-state index contributed by atoms with van der Waals surface area (Å²) in [6.45, 7) is 2.95. The summed E-state index contributed by atoms with van der Waals surface area (Å²) >= 11 is 11.5. The number of halogens is 2. The lowest BCUT2D eigenvalue weighted by Gasteiger charge is -2.20. The second-order valence-electron chi connectivity index (χ2n) is 4.45. The Bertz CT molecular complexity index is 705. The molecule has 5 nitrogen and oxygen atoms in total. The Kier molecular flexibility index (Phi) is 4.72. The number of hydrogen-bond acceptors (Lipinski definition) is 3. The van der Waals surface area contributed by atoms with Crippen LogP contribution in [0.25, 0.3) is 0 Å². The smallest absolute Gasteiger partial charge is 0.337 e. The monoisotopic (exact) mass is 335 g/mol. The Morgan fingerprint density at radius 1 is 1.40 bits per heavy atom. The first-order valence-corrected chi connectivity index (χ1v) is 7.48. The fourth-order valence-electron chi connectivity index (χ4n) is 1.34. The number of carboxylic acids is 1. The van der Waals surface area contributed by atoms with Crippen LogP contribution in [0.2, 0.25) is 10.0 Å². The molecule has 0 aliphatic heterocycles. The average Bonchev–Trinajstić information content (AvgIpc) is 2.30. The highest BCUT2D eigenvalue weighted by Gasteiger charge is 2.28. The number of sulfonamides is 1. The number of rotatable bonds is 4. The van der Waals surface area contributed by atoms with Crippen LogP contribution in [0.4, 0.5) is 0 Å². The normalized spacial score (nSPS) is 11.9. The first-order chi connectivity index (χ1) is 9.00. The maximum absolute atomic E-state index is 12.2. The van der Waals surface area contributed by atoms with Gasteiger partial charge in [0.2, 0.25) is 10.0 Å². The number of carboxylic acid groups (broad SMARTS) is 1. The zero-order valence-electron chi connectivity index (χ0n) is 10.6. The number of hydrogen-bond donors (Lipinski definition) is 2. The molecule has 108 valence electrons. The van der Waals surface area contributed by atoms with Crippen LogP contribution < -0.4 is 4.72 Å². The number of terminal acetylenes is 1. The minimum atomic E-state index is -4.11. The highest BCUT2D eigenvalue weighted by Crippen LogP contribution is 2.30. The van der Waals surface area contributed by atoms with Gasteiger partial charge < -0.3 is 5.11 Å². The van der Waals surface area contributed by atoms with E-state index in [4.69, 9.17) is 34.7 Å². The van der Waals surface area contributed by atoms with Crippen LogP contribution in [-0.2, 0) is 10.0 Å². The topological polar surface area (TPSA) is 83.5 Å². The lowest BCUT2D eigenvalue weighted by Crippen LogP contribution is -2.42. The molecule has 0 bridgehead atoms. The van der Waals surface area contributed by atoms with Gasteiger partial charge in [-0.2, -0.15) is 4.72 Å². The molecule has 1 aromatic carbocycles. The van der Waals surface area contributed by atoms with E-state index in [1.807, 2.05) is 0 Å². The molecule has 0 aliphatic carbocycles. The molecule has 1 aromatic rings. The van der Waals surface area contributed by atoms with E-state index in [9.17, 15) is 13.2 Å². The van der Waals surface area contributed by atoms with E-state index in [1.165, 1.54) is 13.8 Å². The third kappa shape index (κ3) is 3.64. The van der Waals surface area contributed by atoms with Crippen LogP contribution in [0, 0.1) is 12.3 Å². The zero-order valence-corrected chi connectivity index (χ0v) is 12.9. The van der Waals surface area contributed by atoms with E-state index >= 15 is 0 Å². The molecule has 0 atom stereocenters. The molecule has 0 aliphatic rings. The molecular formula is C12H11Cl2NO4S. The Hall–Kier alpha value is -1.26. The van der Waals surface area contributed by atoms with Crippen LogP contribution >= 0.6 is 23.2 Å². The van der Waals surface area contributed by atoms with Crippen molar-refractivity contribution in [3.05, 3.63) is 27.7 Å². The lowest BCUT2D eigenvalue weighted by molar-refractivity contribution is 0.0697. The van der Waals surface area contributed by atoms with Gasteiger partial charge in [-0.3, -0.25) is 0 Å². The molecule has 0 saturated carbocycles. The van der Waals surface area contributed by atoms with Crippen molar-refractivity contribution in [2.45, 2.75) is 24.3 Å². The van der Waals surface area contributed by atoms with Gasteiger partial charge in [0.1, 0.15) is 4.90 Å². The van der Waals surface area contributed by atoms with Crippen molar-refractivity contribution in [1.29, 1.82) is 0 Å². The summed E-state index contributed by atoms with van der Waals surface area (Å²) in [4.78, 5) is 10.6. The van der Waals surface area contributed by atoms with Crippen molar-refractivity contribution in [3.63, 3.8) is 0 Å². The second kappa shape index (κ2) is 5.62. The summed E-state index contributed by atoms with van der Waals surface area (Å²) in [7, 11) is -4.11. The summed E-state index contributed by atoms with van der Waals surface area (Å²) in [6, 6.07) is 2.13. The van der Waals surface area contributed by atoms with Crippen molar-refractivity contribution in [3.8, 4) is 12.3 Å². The summed E-state index contributed by atoms with van der Waals surface area (Å²) in [5.74, 6) is 0.872. The van der Waals surface area contributed by atoms with Crippen LogP contribution in [0.5, 0.6) is 0 Å². The van der Waals surface area contributed by atoms with E-state index < -0.39 is 37.0 Å². The third-order valence-corrected chi connectivity index (χ3v) is 4.69. The van der Waals surface area contributed by atoms with Crippen molar-refractivity contribution in [2.24, 2.45) is 0 Å². The van der Waals surface area contributed by atoms with Crippen molar-refractivity contribution >= 4 is 39.2 Å². The largest absolute Gasteiger partial charge is 0.478 e. The molecule has 1 rings (SSSR count). The van der Waals surface area contributed by atoms with Gasteiger partial charge in [-0.1, -0.05) is 29.1 Å². The molecule has 0 heterocycles. The predicted octanol–water partition coefficient (Wildman–Crippen LogP) is 2.38. The van der Waals surface area contributed by atoms with E-state index in [0.29, 0.717) is 0 Å². The standard InChI is InChI=1S/C12H11Cl2NO4S/c1-4-12(2,3)15-20(18,19)9-6-7(13)5-8(10(9)14)11(16)17/h1,5-6,15H,2-3H3,(H,16,17). The Balaban J connectivity index is 3.48. The summed E-state index contributed by atoms with van der Waals surface area (Å²) in [5, 5.41) is 8.48. The maximum atomic E-state index is 12.2. The Morgan fingerprint density at radius 3 is 2.40 bits per heavy atom. The number of benzene rings is 1. The van der Waals surface area contributed by atoms with Crippen LogP contribution in [0.1, 0.15) is 24.2 Å². The fourth-order valence-corrected chi connectivity index (χ4v) is 3.58. The quantitative estimate of drug-likeness (QED) is 0.827. The first kappa shape index (κ1) is 16.8. The van der Waals surface area contributed by atoms with Gasteiger partial charge in [0.05, 0.1) is 16.1 Å². The van der Waals surface area contributed by atoms with Crippen molar-refractivity contribution < 1.29 is 18.3 Å². The molecule has 20 heavy (non-hydrogen) atoms. The van der Waals surface area contributed by atoms with Gasteiger partial charge in [0.25, 0.3) is 0 Å². The average molecular weight is 336 g/mol. The van der Waals surface area contributed by atoms with Gasteiger partial charge in [-0.15, -0.1) is 6.42 Å². The number of carbonyl (C=O) groups is 1. The molecule has 0 saturated heterocycles. The third-order valence-electron chi connectivity index (χ3n) is 2.27. The summed E-state index contributed by atoms with van der Waals surface area (Å²) < 4.78 is 26.7. The van der Waals surface area contributed by atoms with Crippen LogP contribution in [0.3, 0.4) is 0 Å². The molecule has 0 spiro atoms. The van der Waals surface area contributed by atoms with Gasteiger partial charge in [-0.25, -0.2) is 13.2 Å². The minimum Gasteiger partial charge on any atom is -0.478 e. The summed E-state index contributed by atoms with van der Waals surface area (Å²) in [5.41, 5.74) is -1.56. The fraction of sp³-hybridized carbons (Fsp3) is 0.250. The first-order valence-electron chi connectivity index (χ1n) is 5.24. The van der Waals surface area contributed by atoms with Gasteiger partial charge in [0, 0.05) is 5.02 Å². The molecule has 0 fully saturated rings. The highest BCUT2D eigenvalue weighted by atomic mass is 35.5. The second-order valence-corrected chi connectivity index (χ2v) is 6.91. The minimum absolute atomic E-state index is 0.0642. The molecule has 0 radical (unpaired) electrons. The number of nitrogens with one attached hydrogen (secondary N) is 1. The van der Waals surface area contributed by atoms with Gasteiger partial charge >= 0.3 is 5.97 Å². The lowest BCUT2D eigenvalue weighted by atomic mass is 10.1. The SMILES string of the molecule is C#CC(C)(C)NS(=O)(=O)c1cc(Cl)cc(C(=O)O)c1Cl. The molecule has 0 amide bonds. The molecule has 0 aromatic heterocycles. The molecule has 8 heteroatoms. The van der Waals surface area contributed by atoms with E-state index in [2.05, 4.69) is 10.6 Å². The van der Waals surface area contributed by atoms with E-state index in [0.717, 1.165) is 12.1 Å².